The molecule has 1 heterocycles. The zero-order chi connectivity index (χ0) is 11.9. The molecule has 0 atom stereocenters. The predicted octanol–water partition coefficient (Wildman–Crippen LogP) is 3.94. The predicted molar refractivity (Wildman–Crippen MR) is 74.6 cm³/mol. The molecule has 2 heteroatoms. The summed E-state index contributed by atoms with van der Waals surface area (Å²) >= 11 is 0. The monoisotopic (exact) mass is 230 g/mol. The van der Waals surface area contributed by atoms with Crippen LogP contribution in [0.5, 0.6) is 0 Å². The van der Waals surface area contributed by atoms with Gasteiger partial charge in [0.15, 0.2) is 0 Å². The van der Waals surface area contributed by atoms with Crippen LogP contribution in [0.3, 0.4) is 0 Å². The van der Waals surface area contributed by atoms with E-state index in [2.05, 4.69) is 58.5 Å². The van der Waals surface area contributed by atoms with Gasteiger partial charge in [-0.15, -0.1) is 0 Å². The molecule has 0 bridgehead atoms. The van der Waals surface area contributed by atoms with Gasteiger partial charge in [0.25, 0.3) is 0 Å². The second-order valence-electron chi connectivity index (χ2n) is 4.38. The highest BCUT2D eigenvalue weighted by atomic mass is 14.8. The number of benzene rings is 3. The van der Waals surface area contributed by atoms with E-state index in [4.69, 9.17) is 0 Å². The second-order valence-corrected chi connectivity index (χ2v) is 4.38. The van der Waals surface area contributed by atoms with E-state index in [1.807, 2.05) is 6.20 Å². The highest BCUT2D eigenvalue weighted by Gasteiger charge is 2.07. The van der Waals surface area contributed by atoms with E-state index < -0.39 is 0 Å². The van der Waals surface area contributed by atoms with Crippen molar-refractivity contribution in [1.82, 2.24) is 9.97 Å². The molecule has 0 radical (unpaired) electrons. The molecule has 18 heavy (non-hydrogen) atoms. The number of rotatable bonds is 0. The number of hydrogen-bond donors (Lipinski definition) is 0. The minimum Gasteiger partial charge on any atom is -0.244 e. The van der Waals surface area contributed by atoms with Gasteiger partial charge in [0, 0.05) is 17.0 Å². The lowest BCUT2D eigenvalue weighted by atomic mass is 9.98. The van der Waals surface area contributed by atoms with Gasteiger partial charge in [-0.2, -0.15) is 0 Å². The molecule has 1 aromatic heterocycles. The summed E-state index contributed by atoms with van der Waals surface area (Å²) in [6.45, 7) is 0. The smallest absolute Gasteiger partial charge is 0.116 e. The van der Waals surface area contributed by atoms with Crippen LogP contribution in [0.2, 0.25) is 0 Å². The van der Waals surface area contributed by atoms with Crippen molar-refractivity contribution >= 4 is 32.4 Å². The third-order valence-electron chi connectivity index (χ3n) is 3.40. The van der Waals surface area contributed by atoms with Crippen molar-refractivity contribution in [3.63, 3.8) is 0 Å². The Morgan fingerprint density at radius 1 is 0.611 bits per heavy atom. The minimum atomic E-state index is 1.03. The number of fused-ring (bicyclic) bond motifs is 6. The fourth-order valence-corrected chi connectivity index (χ4v) is 2.62. The van der Waals surface area contributed by atoms with Crippen molar-refractivity contribution in [1.29, 1.82) is 0 Å². The third kappa shape index (κ3) is 1.17. The molecule has 0 spiro atoms. The lowest BCUT2D eigenvalue weighted by Gasteiger charge is -2.08. The molecular weight excluding hydrogens is 220 g/mol. The van der Waals surface area contributed by atoms with Gasteiger partial charge in [0.2, 0.25) is 0 Å². The van der Waals surface area contributed by atoms with Crippen LogP contribution in [0.25, 0.3) is 32.4 Å². The Balaban J connectivity index is 2.46. The molecular formula is C16H10N2. The molecule has 0 aliphatic rings. The van der Waals surface area contributed by atoms with Crippen LogP contribution in [-0.2, 0) is 0 Å². The van der Waals surface area contributed by atoms with Gasteiger partial charge in [-0.1, -0.05) is 48.5 Å². The Hall–Kier alpha value is -2.48. The average molecular weight is 230 g/mol. The van der Waals surface area contributed by atoms with Gasteiger partial charge >= 0.3 is 0 Å². The first-order chi connectivity index (χ1) is 8.95. The van der Waals surface area contributed by atoms with Crippen LogP contribution in [0.1, 0.15) is 0 Å². The summed E-state index contributed by atoms with van der Waals surface area (Å²) in [6, 6.07) is 16.8. The second kappa shape index (κ2) is 3.50. The number of nitrogens with zero attached hydrogens (tertiary/aromatic N) is 2. The molecule has 0 N–H and O–H groups in total. The Morgan fingerprint density at radius 2 is 1.17 bits per heavy atom. The van der Waals surface area contributed by atoms with Gasteiger partial charge in [-0.25, -0.2) is 9.97 Å². The Kier molecular flexibility index (Phi) is 1.86. The van der Waals surface area contributed by atoms with Crippen LogP contribution in [0, 0.1) is 0 Å². The fraction of sp³-hybridized carbons (Fsp3) is 0. The summed E-state index contributed by atoms with van der Waals surface area (Å²) in [5.74, 6) is 0. The summed E-state index contributed by atoms with van der Waals surface area (Å²) in [5, 5.41) is 6.03. The molecule has 2 nitrogen and oxygen atoms in total. The summed E-state index contributed by atoms with van der Waals surface area (Å²) in [7, 11) is 0. The van der Waals surface area contributed by atoms with Crippen LogP contribution in [0.4, 0.5) is 0 Å². The first kappa shape index (κ1) is 9.54. The summed E-state index contributed by atoms with van der Waals surface area (Å²) < 4.78 is 0. The molecule has 84 valence electrons. The maximum Gasteiger partial charge on any atom is 0.116 e. The molecule has 0 saturated carbocycles. The van der Waals surface area contributed by atoms with Crippen LogP contribution >= 0.6 is 0 Å². The highest BCUT2D eigenvalue weighted by Crippen LogP contribution is 2.32. The topological polar surface area (TPSA) is 25.8 Å². The van der Waals surface area contributed by atoms with E-state index in [-0.39, 0.29) is 0 Å². The molecule has 0 amide bonds. The van der Waals surface area contributed by atoms with Gasteiger partial charge in [-0.05, 0) is 16.2 Å². The Labute approximate surface area is 104 Å². The molecule has 4 aromatic rings. The van der Waals surface area contributed by atoms with E-state index in [9.17, 15) is 0 Å². The normalized spacial score (nSPS) is 11.3. The van der Waals surface area contributed by atoms with E-state index in [0.717, 1.165) is 10.9 Å². The quantitative estimate of drug-likeness (QED) is 0.428. The SMILES string of the molecule is c1ccc2c(c1)c1ccccc1c1ncncc21. The maximum atomic E-state index is 4.45. The summed E-state index contributed by atoms with van der Waals surface area (Å²) in [4.78, 5) is 8.61. The average Bonchev–Trinajstić information content (AvgIpc) is 2.48. The zero-order valence-corrected chi connectivity index (χ0v) is 9.67. The maximum absolute atomic E-state index is 4.45. The molecule has 0 saturated heterocycles. The van der Waals surface area contributed by atoms with Gasteiger partial charge in [0.1, 0.15) is 6.33 Å². The van der Waals surface area contributed by atoms with Crippen LogP contribution < -0.4 is 0 Å². The van der Waals surface area contributed by atoms with E-state index in [1.165, 1.54) is 21.5 Å². The number of hydrogen-bond acceptors (Lipinski definition) is 2. The van der Waals surface area contributed by atoms with Crippen molar-refractivity contribution in [3.8, 4) is 0 Å². The van der Waals surface area contributed by atoms with Gasteiger partial charge < -0.3 is 0 Å². The molecule has 0 unspecified atom stereocenters. The first-order valence-electron chi connectivity index (χ1n) is 5.94. The van der Waals surface area contributed by atoms with Crippen molar-refractivity contribution in [2.75, 3.05) is 0 Å². The van der Waals surface area contributed by atoms with Crippen molar-refractivity contribution in [3.05, 3.63) is 61.1 Å². The summed E-state index contributed by atoms with van der Waals surface area (Å²) in [6.07, 6.45) is 3.51. The van der Waals surface area contributed by atoms with Crippen LogP contribution in [-0.4, -0.2) is 9.97 Å². The van der Waals surface area contributed by atoms with Crippen molar-refractivity contribution < 1.29 is 0 Å². The Bertz CT molecular complexity index is 661. The molecule has 0 fully saturated rings. The van der Waals surface area contributed by atoms with E-state index in [1.54, 1.807) is 6.33 Å². The third-order valence-corrected chi connectivity index (χ3v) is 3.40. The van der Waals surface area contributed by atoms with Gasteiger partial charge in [0.05, 0.1) is 5.52 Å². The highest BCUT2D eigenvalue weighted by molar-refractivity contribution is 6.23. The summed E-state index contributed by atoms with van der Waals surface area (Å²) in [5.41, 5.74) is 1.03. The fourth-order valence-electron chi connectivity index (χ4n) is 2.62. The largest absolute Gasteiger partial charge is 0.244 e. The van der Waals surface area contributed by atoms with E-state index >= 15 is 0 Å². The van der Waals surface area contributed by atoms with Crippen LogP contribution in [0.15, 0.2) is 61.1 Å². The van der Waals surface area contributed by atoms with Crippen molar-refractivity contribution in [2.45, 2.75) is 0 Å². The molecule has 4 rings (SSSR count). The standard InChI is InChI=1S/C16H10N2/c1-2-7-13-11(5-1)12-6-3-4-8-14(12)16-15(13)9-17-10-18-16/h1-10H. The van der Waals surface area contributed by atoms with Gasteiger partial charge in [-0.3, -0.25) is 0 Å². The number of aromatic nitrogens is 2. The van der Waals surface area contributed by atoms with Crippen molar-refractivity contribution in [2.24, 2.45) is 0 Å². The minimum absolute atomic E-state index is 1.03. The lowest BCUT2D eigenvalue weighted by Crippen LogP contribution is -1.86. The molecule has 0 aliphatic carbocycles. The van der Waals surface area contributed by atoms with E-state index in [0.29, 0.717) is 0 Å². The zero-order valence-electron chi connectivity index (χ0n) is 9.67. The first-order valence-corrected chi connectivity index (χ1v) is 5.94. The lowest BCUT2D eigenvalue weighted by molar-refractivity contribution is 1.23. The Morgan fingerprint density at radius 3 is 1.89 bits per heavy atom. The molecule has 3 aromatic carbocycles. The molecule has 0 aliphatic heterocycles.